The van der Waals surface area contributed by atoms with E-state index in [1.807, 2.05) is 30.8 Å². The Labute approximate surface area is 125 Å². The summed E-state index contributed by atoms with van der Waals surface area (Å²) in [6.07, 6.45) is 5.09. The van der Waals surface area contributed by atoms with Gasteiger partial charge in [0.15, 0.2) is 0 Å². The molecule has 0 spiro atoms. The first kappa shape index (κ1) is 15.2. The van der Waals surface area contributed by atoms with Crippen molar-refractivity contribution in [2.75, 3.05) is 12.3 Å². The van der Waals surface area contributed by atoms with Gasteiger partial charge in [-0.1, -0.05) is 19.8 Å². The molecule has 0 radical (unpaired) electrons. The minimum atomic E-state index is -0.00106. The van der Waals surface area contributed by atoms with Gasteiger partial charge in [0, 0.05) is 22.4 Å². The van der Waals surface area contributed by atoms with Gasteiger partial charge in [-0.05, 0) is 43.9 Å². The zero-order valence-electron chi connectivity index (χ0n) is 12.3. The van der Waals surface area contributed by atoms with Crippen molar-refractivity contribution in [2.24, 2.45) is 5.92 Å². The lowest BCUT2D eigenvalue weighted by atomic mass is 9.91. The van der Waals surface area contributed by atoms with E-state index >= 15 is 0 Å². The van der Waals surface area contributed by atoms with Crippen LogP contribution in [-0.2, 0) is 0 Å². The number of nitrogens with two attached hydrogens (primary N) is 1. The number of nitrogen functional groups attached to an aromatic ring is 1. The molecule has 20 heavy (non-hydrogen) atoms. The van der Waals surface area contributed by atoms with Crippen LogP contribution in [0.3, 0.4) is 0 Å². The predicted molar refractivity (Wildman–Crippen MR) is 86.1 cm³/mol. The lowest BCUT2D eigenvalue weighted by molar-refractivity contribution is 0.0953. The molecule has 1 saturated carbocycles. The van der Waals surface area contributed by atoms with E-state index in [1.54, 1.807) is 6.07 Å². The maximum atomic E-state index is 12.1. The molecule has 0 bridgehead atoms. The highest BCUT2D eigenvalue weighted by Crippen LogP contribution is 2.38. The average Bonchev–Trinajstić information content (AvgIpc) is 2.39. The second-order valence-electron chi connectivity index (χ2n) is 5.63. The van der Waals surface area contributed by atoms with Gasteiger partial charge in [-0.15, -0.1) is 11.8 Å². The fraction of sp³-hybridized carbons (Fsp3) is 0.562. The van der Waals surface area contributed by atoms with E-state index in [9.17, 15) is 4.79 Å². The number of carbonyl (C=O) groups excluding carboxylic acids is 1. The van der Waals surface area contributed by atoms with Crippen molar-refractivity contribution >= 4 is 23.4 Å². The Morgan fingerprint density at radius 2 is 2.25 bits per heavy atom. The Balaban J connectivity index is 2.16. The fourth-order valence-corrected chi connectivity index (χ4v) is 4.31. The Kier molecular flexibility index (Phi) is 5.35. The Bertz CT molecular complexity index is 476. The van der Waals surface area contributed by atoms with Crippen molar-refractivity contribution in [3.63, 3.8) is 0 Å². The highest BCUT2D eigenvalue weighted by atomic mass is 32.2. The number of carbonyl (C=O) groups is 1. The Morgan fingerprint density at radius 3 is 2.95 bits per heavy atom. The van der Waals surface area contributed by atoms with Crippen molar-refractivity contribution in [1.82, 2.24) is 5.32 Å². The summed E-state index contributed by atoms with van der Waals surface area (Å²) < 4.78 is 0. The van der Waals surface area contributed by atoms with Crippen LogP contribution in [0.5, 0.6) is 0 Å². The van der Waals surface area contributed by atoms with Crippen molar-refractivity contribution in [2.45, 2.75) is 49.7 Å². The molecule has 110 valence electrons. The third-order valence-electron chi connectivity index (χ3n) is 3.77. The van der Waals surface area contributed by atoms with Crippen LogP contribution in [0.4, 0.5) is 5.69 Å². The maximum Gasteiger partial charge on any atom is 0.252 e. The second kappa shape index (κ2) is 7.02. The van der Waals surface area contributed by atoms with Crippen molar-refractivity contribution < 1.29 is 4.79 Å². The number of hydrogen-bond acceptors (Lipinski definition) is 3. The molecule has 2 rings (SSSR count). The van der Waals surface area contributed by atoms with E-state index in [4.69, 9.17) is 5.73 Å². The third kappa shape index (κ3) is 3.92. The first-order valence-electron chi connectivity index (χ1n) is 7.44. The molecule has 1 aromatic carbocycles. The number of amides is 1. The van der Waals surface area contributed by atoms with Gasteiger partial charge in [-0.3, -0.25) is 4.79 Å². The number of hydrogen-bond donors (Lipinski definition) is 2. The van der Waals surface area contributed by atoms with Crippen LogP contribution in [0.1, 0.15) is 49.9 Å². The molecule has 3 nitrogen and oxygen atoms in total. The summed E-state index contributed by atoms with van der Waals surface area (Å²) in [5, 5.41) is 3.48. The van der Waals surface area contributed by atoms with Gasteiger partial charge < -0.3 is 11.1 Å². The molecule has 1 aliphatic carbocycles. The summed E-state index contributed by atoms with van der Waals surface area (Å²) in [6.45, 7) is 4.90. The lowest BCUT2D eigenvalue weighted by Crippen LogP contribution is -2.24. The molecular formula is C16H24N2OS. The lowest BCUT2D eigenvalue weighted by Gasteiger charge is -2.26. The van der Waals surface area contributed by atoms with Crippen LogP contribution < -0.4 is 11.1 Å². The van der Waals surface area contributed by atoms with Gasteiger partial charge >= 0.3 is 0 Å². The van der Waals surface area contributed by atoms with Gasteiger partial charge in [0.1, 0.15) is 0 Å². The fourth-order valence-electron chi connectivity index (χ4n) is 2.74. The Hall–Kier alpha value is -1.16. The monoisotopic (exact) mass is 292 g/mol. The van der Waals surface area contributed by atoms with Crippen LogP contribution in [-0.4, -0.2) is 17.7 Å². The Morgan fingerprint density at radius 1 is 1.45 bits per heavy atom. The van der Waals surface area contributed by atoms with Crippen LogP contribution in [0.2, 0.25) is 0 Å². The molecule has 1 aromatic rings. The quantitative estimate of drug-likeness (QED) is 0.832. The second-order valence-corrected chi connectivity index (χ2v) is 6.97. The number of thioether (sulfide) groups is 1. The molecular weight excluding hydrogens is 268 g/mol. The number of benzene rings is 1. The van der Waals surface area contributed by atoms with Crippen molar-refractivity contribution in [1.29, 1.82) is 0 Å². The molecule has 3 N–H and O–H groups in total. The largest absolute Gasteiger partial charge is 0.399 e. The molecule has 2 unspecified atom stereocenters. The van der Waals surface area contributed by atoms with E-state index < -0.39 is 0 Å². The summed E-state index contributed by atoms with van der Waals surface area (Å²) in [5.41, 5.74) is 7.37. The van der Waals surface area contributed by atoms with Gasteiger partial charge in [0.05, 0.1) is 5.56 Å². The van der Waals surface area contributed by atoms with E-state index in [-0.39, 0.29) is 5.91 Å². The molecule has 2 atom stereocenters. The summed E-state index contributed by atoms with van der Waals surface area (Å²) >= 11 is 1.82. The van der Waals surface area contributed by atoms with E-state index in [1.165, 1.54) is 25.7 Å². The van der Waals surface area contributed by atoms with Gasteiger partial charge in [0.25, 0.3) is 5.91 Å². The summed E-state index contributed by atoms with van der Waals surface area (Å²) in [7, 11) is 0. The minimum Gasteiger partial charge on any atom is -0.399 e. The minimum absolute atomic E-state index is 0.00106. The topological polar surface area (TPSA) is 55.1 Å². The van der Waals surface area contributed by atoms with Crippen LogP contribution in [0.15, 0.2) is 23.1 Å². The zero-order valence-corrected chi connectivity index (χ0v) is 13.1. The summed E-state index contributed by atoms with van der Waals surface area (Å²) in [4.78, 5) is 13.1. The SMILES string of the molecule is CCNC(=O)c1ccc(N)cc1SC1CCCC(C)C1. The van der Waals surface area contributed by atoms with Crippen LogP contribution >= 0.6 is 11.8 Å². The summed E-state index contributed by atoms with van der Waals surface area (Å²) in [5.74, 6) is 0.786. The molecule has 1 amide bonds. The van der Waals surface area contributed by atoms with E-state index in [2.05, 4.69) is 12.2 Å². The molecule has 4 heteroatoms. The normalized spacial score (nSPS) is 22.5. The highest BCUT2D eigenvalue weighted by Gasteiger charge is 2.22. The molecule has 0 saturated heterocycles. The van der Waals surface area contributed by atoms with Crippen molar-refractivity contribution in [3.05, 3.63) is 23.8 Å². The maximum absolute atomic E-state index is 12.1. The smallest absolute Gasteiger partial charge is 0.252 e. The van der Waals surface area contributed by atoms with Crippen molar-refractivity contribution in [3.8, 4) is 0 Å². The average molecular weight is 292 g/mol. The first-order valence-corrected chi connectivity index (χ1v) is 8.32. The van der Waals surface area contributed by atoms with Crippen LogP contribution in [0.25, 0.3) is 0 Å². The van der Waals surface area contributed by atoms with Gasteiger partial charge in [-0.2, -0.15) is 0 Å². The molecule has 0 heterocycles. The number of nitrogens with one attached hydrogen (secondary N) is 1. The summed E-state index contributed by atoms with van der Waals surface area (Å²) in [6, 6.07) is 5.58. The molecule has 0 aliphatic heterocycles. The predicted octanol–water partition coefficient (Wildman–Crippen LogP) is 3.69. The van der Waals surface area contributed by atoms with E-state index in [0.717, 1.165) is 22.1 Å². The first-order chi connectivity index (χ1) is 9.60. The zero-order chi connectivity index (χ0) is 14.5. The van der Waals surface area contributed by atoms with Gasteiger partial charge in [-0.25, -0.2) is 0 Å². The standard InChI is InChI=1S/C16H24N2OS/c1-3-18-16(19)14-8-7-12(17)10-15(14)20-13-6-4-5-11(2)9-13/h7-8,10-11,13H,3-6,9,17H2,1-2H3,(H,18,19). The van der Waals surface area contributed by atoms with Crippen LogP contribution in [0, 0.1) is 5.92 Å². The molecule has 1 aliphatic rings. The highest BCUT2D eigenvalue weighted by molar-refractivity contribution is 8.00. The number of anilines is 1. The molecule has 0 aromatic heterocycles. The number of rotatable bonds is 4. The third-order valence-corrected chi connectivity index (χ3v) is 5.12. The van der Waals surface area contributed by atoms with Gasteiger partial charge in [0.2, 0.25) is 0 Å². The molecule has 1 fully saturated rings. The van der Waals surface area contributed by atoms with E-state index in [0.29, 0.717) is 11.8 Å².